The van der Waals surface area contributed by atoms with Crippen molar-refractivity contribution in [1.29, 1.82) is 0 Å². The third-order valence-corrected chi connectivity index (χ3v) is 8.84. The van der Waals surface area contributed by atoms with Gasteiger partial charge in [-0.3, -0.25) is 0 Å². The van der Waals surface area contributed by atoms with Crippen molar-refractivity contribution in [3.8, 4) is 0 Å². The summed E-state index contributed by atoms with van der Waals surface area (Å²) in [5.74, 6) is 3.11. The van der Waals surface area contributed by atoms with E-state index in [9.17, 15) is 0 Å². The molecule has 0 spiro atoms. The average Bonchev–Trinajstić information content (AvgIpc) is 2.73. The molecule has 1 nitrogen and oxygen atoms in total. The maximum Gasteiger partial charge on any atom is 0.188 e. The first-order valence-electron chi connectivity index (χ1n) is 12.3. The van der Waals surface area contributed by atoms with Crippen molar-refractivity contribution in [1.82, 2.24) is 0 Å². The summed E-state index contributed by atoms with van der Waals surface area (Å²) in [6, 6.07) is 11.2. The van der Waals surface area contributed by atoms with E-state index >= 15 is 0 Å². The number of hydrogen-bond donors (Lipinski definition) is 0. The van der Waals surface area contributed by atoms with Gasteiger partial charge in [-0.25, -0.2) is 4.58 Å². The molecule has 0 amide bonds. The van der Waals surface area contributed by atoms with Crippen LogP contribution in [0.4, 0.5) is 0 Å². The van der Waals surface area contributed by atoms with E-state index in [0.717, 1.165) is 0 Å². The molecule has 2 aliphatic carbocycles. The first-order valence-corrected chi connectivity index (χ1v) is 12.3. The van der Waals surface area contributed by atoms with Crippen LogP contribution in [0.15, 0.2) is 53.8 Å². The number of nitrogens with zero attached hydrogens (tertiary/aromatic N) is 1. The molecule has 1 saturated carbocycles. The van der Waals surface area contributed by atoms with Crippen molar-refractivity contribution in [2.75, 3.05) is 0 Å². The van der Waals surface area contributed by atoms with E-state index < -0.39 is 0 Å². The van der Waals surface area contributed by atoms with Crippen LogP contribution in [0.25, 0.3) is 0 Å². The molecule has 2 bridgehead atoms. The number of fused-ring (bicyclic) bond motifs is 2. The lowest BCUT2D eigenvalue weighted by Gasteiger charge is -2.53. The van der Waals surface area contributed by atoms with E-state index in [1.54, 1.807) is 11.3 Å². The van der Waals surface area contributed by atoms with Crippen LogP contribution in [-0.2, 0) is 0 Å². The number of hydrogen-bond acceptors (Lipinski definition) is 0. The van der Waals surface area contributed by atoms with Gasteiger partial charge in [-0.1, -0.05) is 84.0 Å². The van der Waals surface area contributed by atoms with Crippen LogP contribution in [0.2, 0.25) is 0 Å². The molecule has 1 fully saturated rings. The van der Waals surface area contributed by atoms with E-state index in [1.807, 2.05) is 0 Å². The van der Waals surface area contributed by atoms with Gasteiger partial charge in [0.05, 0.1) is 5.41 Å². The number of benzene rings is 1. The zero-order valence-electron chi connectivity index (χ0n) is 20.3. The van der Waals surface area contributed by atoms with Crippen LogP contribution in [0, 0.1) is 29.1 Å². The minimum Gasteiger partial charge on any atom is -0.200 e. The van der Waals surface area contributed by atoms with Gasteiger partial charge in [0.1, 0.15) is 0 Å². The van der Waals surface area contributed by atoms with Crippen molar-refractivity contribution >= 4 is 6.21 Å². The van der Waals surface area contributed by atoms with Gasteiger partial charge >= 0.3 is 0 Å². The van der Waals surface area contributed by atoms with Gasteiger partial charge in [0.25, 0.3) is 0 Å². The highest BCUT2D eigenvalue weighted by molar-refractivity contribution is 5.66. The van der Waals surface area contributed by atoms with Gasteiger partial charge in [-0.15, -0.1) is 0 Å². The Morgan fingerprint density at radius 1 is 1.00 bits per heavy atom. The van der Waals surface area contributed by atoms with Gasteiger partial charge in [-0.2, -0.15) is 0 Å². The highest BCUT2D eigenvalue weighted by Gasteiger charge is 2.60. The highest BCUT2D eigenvalue weighted by atomic mass is 15.1. The van der Waals surface area contributed by atoms with Crippen LogP contribution in [0.1, 0.15) is 85.6 Å². The Kier molecular flexibility index (Phi) is 5.62. The molecule has 0 N–H and O–H groups in total. The molecule has 0 saturated heterocycles. The summed E-state index contributed by atoms with van der Waals surface area (Å²) in [7, 11) is 0. The zero-order chi connectivity index (χ0) is 21.7. The summed E-state index contributed by atoms with van der Waals surface area (Å²) in [4.78, 5) is 0. The minimum atomic E-state index is 0.247. The molecule has 5 rings (SSSR count). The first-order chi connectivity index (χ1) is 14.2. The lowest BCUT2D eigenvalue weighted by Crippen LogP contribution is -2.59. The molecule has 0 aromatic heterocycles. The second-order valence-corrected chi connectivity index (χ2v) is 11.3. The van der Waals surface area contributed by atoms with Gasteiger partial charge in [0.15, 0.2) is 17.5 Å². The predicted molar refractivity (Wildman–Crippen MR) is 129 cm³/mol. The SMILES string of the molecule is CC(C)C1=C([N+]2=CC3(C(C)c4ccccc4)CCC2(C)C[C@H]3C)C(C(C)C)CC=C1. The van der Waals surface area contributed by atoms with Crippen molar-refractivity contribution < 1.29 is 4.58 Å². The molecule has 1 aromatic rings. The average molecular weight is 405 g/mol. The lowest BCUT2D eigenvalue weighted by atomic mass is 9.53. The second-order valence-electron chi connectivity index (χ2n) is 11.3. The molecule has 1 heteroatoms. The summed E-state index contributed by atoms with van der Waals surface area (Å²) in [6.07, 6.45) is 12.7. The molecular formula is C29H42N+. The normalized spacial score (nSPS) is 34.6. The Labute approximate surface area is 185 Å². The van der Waals surface area contributed by atoms with Crippen LogP contribution in [-0.4, -0.2) is 16.3 Å². The van der Waals surface area contributed by atoms with Gasteiger partial charge in [0.2, 0.25) is 0 Å². The Morgan fingerprint density at radius 3 is 2.30 bits per heavy atom. The van der Waals surface area contributed by atoms with Crippen molar-refractivity contribution in [2.24, 2.45) is 29.1 Å². The van der Waals surface area contributed by atoms with Crippen LogP contribution >= 0.6 is 0 Å². The van der Waals surface area contributed by atoms with E-state index in [4.69, 9.17) is 0 Å². The highest BCUT2D eigenvalue weighted by Crippen LogP contribution is 2.57. The third kappa shape index (κ3) is 3.33. The fraction of sp³-hybridized carbons (Fsp3) is 0.621. The van der Waals surface area contributed by atoms with Crippen molar-refractivity contribution in [3.63, 3.8) is 0 Å². The monoisotopic (exact) mass is 404 g/mol. The van der Waals surface area contributed by atoms with Gasteiger partial charge in [-0.05, 0) is 42.1 Å². The summed E-state index contributed by atoms with van der Waals surface area (Å²) < 4.78 is 2.82. The largest absolute Gasteiger partial charge is 0.200 e. The molecule has 4 unspecified atom stereocenters. The molecular weight excluding hydrogens is 362 g/mol. The van der Waals surface area contributed by atoms with E-state index in [2.05, 4.69) is 102 Å². The molecule has 5 atom stereocenters. The molecule has 4 aliphatic rings. The summed E-state index contributed by atoms with van der Waals surface area (Å²) >= 11 is 0. The first kappa shape index (κ1) is 21.6. The van der Waals surface area contributed by atoms with Gasteiger partial charge < -0.3 is 0 Å². The van der Waals surface area contributed by atoms with Crippen LogP contribution in [0.3, 0.4) is 0 Å². The summed E-state index contributed by atoms with van der Waals surface area (Å²) in [5, 5.41) is 0. The van der Waals surface area contributed by atoms with Crippen molar-refractivity contribution in [2.45, 2.75) is 85.6 Å². The molecule has 2 aliphatic heterocycles. The fourth-order valence-corrected chi connectivity index (χ4v) is 6.80. The van der Waals surface area contributed by atoms with E-state index in [-0.39, 0.29) is 11.0 Å². The Hall–Kier alpha value is -1.63. The Bertz CT molecular complexity index is 871. The standard InChI is InChI=1S/C29H42N/c1-20(2)25-14-11-15-26(21(3)4)27(25)30-19-29(17-16-28(30,7)18-22(29)5)23(6)24-12-9-8-10-13-24/h8-14,19-23,26H,15-18H2,1-7H3/q+1/t22-,23?,26?,28?,29?/m1/s1. The Balaban J connectivity index is 1.90. The molecule has 2 heterocycles. The topological polar surface area (TPSA) is 3.01 Å². The van der Waals surface area contributed by atoms with E-state index in [1.165, 1.54) is 31.2 Å². The lowest BCUT2D eigenvalue weighted by molar-refractivity contribution is -0.588. The van der Waals surface area contributed by atoms with Crippen LogP contribution in [0.5, 0.6) is 0 Å². The number of allylic oxidation sites excluding steroid dienone is 4. The number of rotatable bonds is 5. The second kappa shape index (κ2) is 7.81. The quantitative estimate of drug-likeness (QED) is 0.445. The minimum absolute atomic E-state index is 0.247. The van der Waals surface area contributed by atoms with E-state index in [0.29, 0.717) is 29.6 Å². The smallest absolute Gasteiger partial charge is 0.188 e. The molecule has 1 aromatic carbocycles. The van der Waals surface area contributed by atoms with Crippen LogP contribution < -0.4 is 0 Å². The molecule has 30 heavy (non-hydrogen) atoms. The maximum atomic E-state index is 2.82. The molecule has 162 valence electrons. The molecule has 0 radical (unpaired) electrons. The third-order valence-electron chi connectivity index (χ3n) is 8.84. The predicted octanol–water partition coefficient (Wildman–Crippen LogP) is 7.59. The Morgan fingerprint density at radius 2 is 1.70 bits per heavy atom. The maximum absolute atomic E-state index is 2.82. The summed E-state index contributed by atoms with van der Waals surface area (Å²) in [5.41, 5.74) is 5.21. The van der Waals surface area contributed by atoms with Gasteiger partial charge in [0, 0.05) is 31.3 Å². The zero-order valence-corrected chi connectivity index (χ0v) is 20.3. The van der Waals surface area contributed by atoms with Crippen molar-refractivity contribution in [3.05, 3.63) is 59.3 Å². The fourth-order valence-electron chi connectivity index (χ4n) is 6.80. The summed E-state index contributed by atoms with van der Waals surface area (Å²) in [6.45, 7) is 17.1.